The predicted octanol–water partition coefficient (Wildman–Crippen LogP) is 4.12. The van der Waals surface area contributed by atoms with Gasteiger partial charge in [0, 0.05) is 13.6 Å². The minimum absolute atomic E-state index is 0.343. The largest absolute Gasteiger partial charge is 0.496 e. The Labute approximate surface area is 125 Å². The first-order valence-corrected chi connectivity index (χ1v) is 7.00. The molecule has 0 N–H and O–H groups in total. The summed E-state index contributed by atoms with van der Waals surface area (Å²) in [6, 6.07) is 5.69. The molecule has 1 heterocycles. The van der Waals surface area contributed by atoms with Crippen LogP contribution in [0.3, 0.4) is 0 Å². The quantitative estimate of drug-likeness (QED) is 0.848. The minimum atomic E-state index is -4.34. The lowest BCUT2D eigenvalue weighted by Gasteiger charge is -2.16. The number of anilines is 1. The van der Waals surface area contributed by atoms with Crippen molar-refractivity contribution in [3.63, 3.8) is 0 Å². The summed E-state index contributed by atoms with van der Waals surface area (Å²) < 4.78 is 42.9. The van der Waals surface area contributed by atoms with Crippen LogP contribution in [-0.2, 0) is 12.7 Å². The van der Waals surface area contributed by atoms with Gasteiger partial charge in [0.1, 0.15) is 10.6 Å². The van der Waals surface area contributed by atoms with Gasteiger partial charge in [-0.05, 0) is 24.1 Å². The van der Waals surface area contributed by atoms with Crippen molar-refractivity contribution in [1.29, 1.82) is 0 Å². The van der Waals surface area contributed by atoms with Crippen LogP contribution in [0.15, 0.2) is 24.4 Å². The highest BCUT2D eigenvalue weighted by Gasteiger charge is 2.33. The molecule has 0 amide bonds. The van der Waals surface area contributed by atoms with E-state index >= 15 is 0 Å². The van der Waals surface area contributed by atoms with Crippen molar-refractivity contribution in [2.45, 2.75) is 19.6 Å². The number of halogens is 3. The number of hydrogen-bond acceptors (Lipinski definition) is 4. The summed E-state index contributed by atoms with van der Waals surface area (Å²) in [7, 11) is 3.32. The van der Waals surface area contributed by atoms with Crippen LogP contribution in [0.2, 0.25) is 0 Å². The molecule has 3 nitrogen and oxygen atoms in total. The number of alkyl halides is 3. The number of nitrogens with zero attached hydrogens (tertiary/aromatic N) is 2. The van der Waals surface area contributed by atoms with E-state index in [0.717, 1.165) is 23.1 Å². The molecule has 0 bridgehead atoms. The average Bonchev–Trinajstić information content (AvgIpc) is 2.88. The van der Waals surface area contributed by atoms with E-state index in [0.29, 0.717) is 23.0 Å². The van der Waals surface area contributed by atoms with Crippen LogP contribution >= 0.6 is 11.3 Å². The first-order chi connectivity index (χ1) is 9.81. The lowest BCUT2D eigenvalue weighted by Crippen LogP contribution is -2.16. The Morgan fingerprint density at radius 2 is 2.05 bits per heavy atom. The molecular formula is C14H15F3N2OS. The maximum Gasteiger partial charge on any atom is 0.427 e. The molecule has 0 fully saturated rings. The number of aromatic nitrogens is 1. The van der Waals surface area contributed by atoms with Crippen LogP contribution < -0.4 is 9.64 Å². The van der Waals surface area contributed by atoms with Gasteiger partial charge in [-0.1, -0.05) is 23.5 Å². The smallest absolute Gasteiger partial charge is 0.427 e. The van der Waals surface area contributed by atoms with Gasteiger partial charge in [-0.25, -0.2) is 4.98 Å². The fraction of sp³-hybridized carbons (Fsp3) is 0.357. The van der Waals surface area contributed by atoms with Crippen molar-refractivity contribution in [2.75, 3.05) is 19.1 Å². The molecule has 2 rings (SSSR count). The van der Waals surface area contributed by atoms with Gasteiger partial charge in [-0.2, -0.15) is 13.2 Å². The third-order valence-electron chi connectivity index (χ3n) is 2.98. The van der Waals surface area contributed by atoms with Crippen molar-refractivity contribution in [3.8, 4) is 5.75 Å². The lowest BCUT2D eigenvalue weighted by atomic mass is 10.1. The van der Waals surface area contributed by atoms with Crippen LogP contribution in [0, 0.1) is 6.92 Å². The number of methoxy groups -OCH3 is 1. The Morgan fingerprint density at radius 3 is 2.57 bits per heavy atom. The maximum absolute atomic E-state index is 12.6. The molecule has 0 saturated carbocycles. The fourth-order valence-electron chi connectivity index (χ4n) is 1.95. The molecule has 0 atom stereocenters. The molecule has 0 aliphatic heterocycles. The summed E-state index contributed by atoms with van der Waals surface area (Å²) >= 11 is 0.644. The van der Waals surface area contributed by atoms with E-state index < -0.39 is 11.1 Å². The monoisotopic (exact) mass is 316 g/mol. The van der Waals surface area contributed by atoms with Crippen molar-refractivity contribution >= 4 is 16.5 Å². The molecule has 21 heavy (non-hydrogen) atoms. The Kier molecular flexibility index (Phi) is 4.41. The molecule has 7 heteroatoms. The summed E-state index contributed by atoms with van der Waals surface area (Å²) in [5.74, 6) is 0.787. The number of hydrogen-bond donors (Lipinski definition) is 0. The summed E-state index contributed by atoms with van der Waals surface area (Å²) in [5, 5.41) is 0.343. The first-order valence-electron chi connectivity index (χ1n) is 6.19. The second-order valence-electron chi connectivity index (χ2n) is 4.66. The Morgan fingerprint density at radius 1 is 1.33 bits per heavy atom. The molecule has 1 aromatic carbocycles. The Bertz CT molecular complexity index is 625. The first kappa shape index (κ1) is 15.6. The number of benzene rings is 1. The molecule has 0 aliphatic rings. The zero-order chi connectivity index (χ0) is 15.6. The van der Waals surface area contributed by atoms with E-state index in [1.807, 2.05) is 25.1 Å². The van der Waals surface area contributed by atoms with E-state index in [1.165, 1.54) is 0 Å². The van der Waals surface area contributed by atoms with E-state index in [2.05, 4.69) is 4.98 Å². The summed E-state index contributed by atoms with van der Waals surface area (Å²) in [6.45, 7) is 2.41. The Balaban J connectivity index is 2.12. The van der Waals surface area contributed by atoms with Crippen molar-refractivity contribution < 1.29 is 17.9 Å². The number of rotatable bonds is 4. The van der Waals surface area contributed by atoms with Gasteiger partial charge in [0.15, 0.2) is 5.13 Å². The summed E-state index contributed by atoms with van der Waals surface area (Å²) in [4.78, 5) is 4.85. The lowest BCUT2D eigenvalue weighted by molar-refractivity contribution is -0.134. The van der Waals surface area contributed by atoms with Crippen molar-refractivity contribution in [2.24, 2.45) is 0 Å². The molecule has 0 saturated heterocycles. The van der Waals surface area contributed by atoms with Crippen LogP contribution in [0.25, 0.3) is 0 Å². The summed E-state index contributed by atoms with van der Waals surface area (Å²) in [5.41, 5.74) is 1.97. The zero-order valence-corrected chi connectivity index (χ0v) is 12.7. The second kappa shape index (κ2) is 5.93. The summed E-state index contributed by atoms with van der Waals surface area (Å²) in [6.07, 6.45) is -3.47. The van der Waals surface area contributed by atoms with E-state index in [4.69, 9.17) is 4.74 Å². The van der Waals surface area contributed by atoms with Gasteiger partial charge in [0.2, 0.25) is 0 Å². The van der Waals surface area contributed by atoms with Crippen molar-refractivity contribution in [1.82, 2.24) is 4.98 Å². The molecule has 0 radical (unpaired) electrons. The molecule has 0 unspecified atom stereocenters. The van der Waals surface area contributed by atoms with Gasteiger partial charge < -0.3 is 9.64 Å². The SMILES string of the molecule is COc1ccc(CN(C)c2ncc(C(F)(F)F)s2)cc1C. The minimum Gasteiger partial charge on any atom is -0.496 e. The van der Waals surface area contributed by atoms with Crippen LogP contribution in [0.4, 0.5) is 18.3 Å². The van der Waals surface area contributed by atoms with E-state index in [9.17, 15) is 13.2 Å². The van der Waals surface area contributed by atoms with E-state index in [-0.39, 0.29) is 0 Å². The molecule has 114 valence electrons. The standard InChI is InChI=1S/C14H15F3N2OS/c1-9-6-10(4-5-11(9)20-3)8-19(2)13-18-7-12(21-13)14(15,16)17/h4-7H,8H2,1-3H3. The topological polar surface area (TPSA) is 25.4 Å². The maximum atomic E-state index is 12.6. The Hall–Kier alpha value is -1.76. The second-order valence-corrected chi connectivity index (χ2v) is 5.67. The van der Waals surface area contributed by atoms with Crippen molar-refractivity contribution in [3.05, 3.63) is 40.4 Å². The van der Waals surface area contributed by atoms with Crippen LogP contribution in [0.5, 0.6) is 5.75 Å². The normalized spacial score (nSPS) is 11.5. The zero-order valence-electron chi connectivity index (χ0n) is 11.9. The van der Waals surface area contributed by atoms with Crippen LogP contribution in [-0.4, -0.2) is 19.1 Å². The predicted molar refractivity (Wildman–Crippen MR) is 77.0 cm³/mol. The molecule has 1 aromatic heterocycles. The van der Waals surface area contributed by atoms with E-state index in [1.54, 1.807) is 19.1 Å². The molecule has 0 spiro atoms. The van der Waals surface area contributed by atoms with Gasteiger partial charge in [-0.15, -0.1) is 0 Å². The number of aryl methyl sites for hydroxylation is 1. The third kappa shape index (κ3) is 3.66. The third-order valence-corrected chi connectivity index (χ3v) is 4.13. The fourth-order valence-corrected chi connectivity index (χ4v) is 2.70. The molecule has 0 aliphatic carbocycles. The van der Waals surface area contributed by atoms with Gasteiger partial charge in [0.05, 0.1) is 13.3 Å². The highest BCUT2D eigenvalue weighted by molar-refractivity contribution is 7.15. The highest BCUT2D eigenvalue weighted by atomic mass is 32.1. The van der Waals surface area contributed by atoms with Gasteiger partial charge >= 0.3 is 6.18 Å². The average molecular weight is 316 g/mol. The van der Waals surface area contributed by atoms with Gasteiger partial charge in [0.25, 0.3) is 0 Å². The molecule has 2 aromatic rings. The number of thiazole rings is 1. The van der Waals surface area contributed by atoms with Gasteiger partial charge in [-0.3, -0.25) is 0 Å². The highest BCUT2D eigenvalue weighted by Crippen LogP contribution is 2.36. The number of ether oxygens (including phenoxy) is 1. The van der Waals surface area contributed by atoms with Crippen LogP contribution in [0.1, 0.15) is 16.0 Å². The molecular weight excluding hydrogens is 301 g/mol.